The lowest BCUT2D eigenvalue weighted by Crippen LogP contribution is -2.46. The van der Waals surface area contributed by atoms with Crippen molar-refractivity contribution in [1.82, 2.24) is 15.3 Å². The highest BCUT2D eigenvalue weighted by Gasteiger charge is 2.20. The summed E-state index contributed by atoms with van der Waals surface area (Å²) in [7, 11) is 1.65. The third-order valence-electron chi connectivity index (χ3n) is 3.76. The van der Waals surface area contributed by atoms with E-state index >= 15 is 0 Å². The zero-order valence-electron chi connectivity index (χ0n) is 13.0. The lowest BCUT2D eigenvalue weighted by atomic mass is 10.0. The van der Waals surface area contributed by atoms with E-state index < -0.39 is 0 Å². The number of hydrogen-bond acceptors (Lipinski definition) is 5. The van der Waals surface area contributed by atoms with Crippen molar-refractivity contribution in [2.45, 2.75) is 52.1 Å². The van der Waals surface area contributed by atoms with Crippen LogP contribution in [0, 0.1) is 6.92 Å². The van der Waals surface area contributed by atoms with Crippen LogP contribution in [0.5, 0.6) is 5.88 Å². The molecule has 0 spiro atoms. The minimum absolute atomic E-state index is 0.401. The molecule has 0 bridgehead atoms. The molecule has 1 fully saturated rings. The highest BCUT2D eigenvalue weighted by molar-refractivity contribution is 5.43. The van der Waals surface area contributed by atoms with Gasteiger partial charge in [0.05, 0.1) is 7.11 Å². The molecule has 1 aromatic rings. The van der Waals surface area contributed by atoms with Crippen LogP contribution in [0.2, 0.25) is 0 Å². The number of piperidine rings is 1. The Labute approximate surface area is 121 Å². The SMILES string of the molecule is COc1cc(N(CC2CCCCN2)C(C)C)nc(C)n1. The fourth-order valence-corrected chi connectivity index (χ4v) is 2.66. The van der Waals surface area contributed by atoms with Gasteiger partial charge in [0.1, 0.15) is 11.6 Å². The minimum Gasteiger partial charge on any atom is -0.481 e. The van der Waals surface area contributed by atoms with Gasteiger partial charge in [-0.1, -0.05) is 6.42 Å². The molecule has 1 saturated heterocycles. The average Bonchev–Trinajstić information content (AvgIpc) is 2.44. The zero-order valence-corrected chi connectivity index (χ0v) is 13.0. The van der Waals surface area contributed by atoms with Crippen molar-refractivity contribution in [3.05, 3.63) is 11.9 Å². The molecule has 1 atom stereocenters. The summed E-state index contributed by atoms with van der Waals surface area (Å²) < 4.78 is 5.26. The van der Waals surface area contributed by atoms with Crippen molar-refractivity contribution in [2.24, 2.45) is 0 Å². The molecule has 0 aliphatic carbocycles. The maximum atomic E-state index is 5.26. The molecule has 1 unspecified atom stereocenters. The molecule has 1 aromatic heterocycles. The van der Waals surface area contributed by atoms with Gasteiger partial charge < -0.3 is 15.0 Å². The van der Waals surface area contributed by atoms with Gasteiger partial charge in [0.2, 0.25) is 5.88 Å². The van der Waals surface area contributed by atoms with Gasteiger partial charge in [-0.2, -0.15) is 4.98 Å². The number of nitrogens with zero attached hydrogens (tertiary/aromatic N) is 3. The van der Waals surface area contributed by atoms with Gasteiger partial charge in [-0.3, -0.25) is 0 Å². The van der Waals surface area contributed by atoms with Gasteiger partial charge in [0, 0.05) is 24.7 Å². The molecular formula is C15H26N4O. The molecule has 112 valence electrons. The molecule has 20 heavy (non-hydrogen) atoms. The maximum Gasteiger partial charge on any atom is 0.218 e. The first-order valence-electron chi connectivity index (χ1n) is 7.50. The second-order valence-corrected chi connectivity index (χ2v) is 5.71. The third-order valence-corrected chi connectivity index (χ3v) is 3.76. The van der Waals surface area contributed by atoms with Crippen LogP contribution >= 0.6 is 0 Å². The van der Waals surface area contributed by atoms with E-state index in [1.165, 1.54) is 19.3 Å². The average molecular weight is 278 g/mol. The van der Waals surface area contributed by atoms with Crippen LogP contribution in [0.3, 0.4) is 0 Å². The van der Waals surface area contributed by atoms with Crippen LogP contribution in [0.25, 0.3) is 0 Å². The van der Waals surface area contributed by atoms with Crippen LogP contribution in [0.15, 0.2) is 6.07 Å². The smallest absolute Gasteiger partial charge is 0.218 e. The number of aromatic nitrogens is 2. The van der Waals surface area contributed by atoms with Crippen molar-refractivity contribution in [3.63, 3.8) is 0 Å². The molecule has 5 heteroatoms. The van der Waals surface area contributed by atoms with E-state index in [-0.39, 0.29) is 0 Å². The lowest BCUT2D eigenvalue weighted by Gasteiger charge is -2.34. The van der Waals surface area contributed by atoms with Crippen molar-refractivity contribution in [1.29, 1.82) is 0 Å². The van der Waals surface area contributed by atoms with Crippen molar-refractivity contribution < 1.29 is 4.74 Å². The number of hydrogen-bond donors (Lipinski definition) is 1. The van der Waals surface area contributed by atoms with Gasteiger partial charge in [0.15, 0.2) is 0 Å². The normalized spacial score (nSPS) is 19.1. The maximum absolute atomic E-state index is 5.26. The Morgan fingerprint density at radius 1 is 1.40 bits per heavy atom. The Balaban J connectivity index is 2.16. The molecule has 1 aliphatic heterocycles. The molecule has 5 nitrogen and oxygen atoms in total. The predicted octanol–water partition coefficient (Wildman–Crippen LogP) is 2.15. The van der Waals surface area contributed by atoms with E-state index in [1.807, 2.05) is 13.0 Å². The molecule has 0 saturated carbocycles. The summed E-state index contributed by atoms with van der Waals surface area (Å²) in [6, 6.07) is 2.88. The molecule has 1 N–H and O–H groups in total. The van der Waals surface area contributed by atoms with Gasteiger partial charge in [-0.25, -0.2) is 4.98 Å². The lowest BCUT2D eigenvalue weighted by molar-refractivity contribution is 0.387. The van der Waals surface area contributed by atoms with E-state index in [1.54, 1.807) is 7.11 Å². The van der Waals surface area contributed by atoms with Crippen LogP contribution in [-0.4, -0.2) is 42.3 Å². The van der Waals surface area contributed by atoms with Gasteiger partial charge in [0.25, 0.3) is 0 Å². The highest BCUT2D eigenvalue weighted by Crippen LogP contribution is 2.21. The largest absolute Gasteiger partial charge is 0.481 e. The highest BCUT2D eigenvalue weighted by atomic mass is 16.5. The zero-order chi connectivity index (χ0) is 14.5. The van der Waals surface area contributed by atoms with Crippen LogP contribution in [0.4, 0.5) is 5.82 Å². The number of methoxy groups -OCH3 is 1. The van der Waals surface area contributed by atoms with Crippen molar-refractivity contribution in [2.75, 3.05) is 25.1 Å². The Hall–Kier alpha value is -1.36. The molecule has 0 radical (unpaired) electrons. The van der Waals surface area contributed by atoms with Gasteiger partial charge in [-0.05, 0) is 40.2 Å². The summed E-state index contributed by atoms with van der Waals surface area (Å²) in [5.74, 6) is 2.34. The van der Waals surface area contributed by atoms with Gasteiger partial charge >= 0.3 is 0 Å². The molecule has 1 aliphatic rings. The van der Waals surface area contributed by atoms with Crippen LogP contribution in [-0.2, 0) is 0 Å². The topological polar surface area (TPSA) is 50.3 Å². The second-order valence-electron chi connectivity index (χ2n) is 5.71. The molecule has 2 rings (SSSR count). The molecule has 0 amide bonds. The monoisotopic (exact) mass is 278 g/mol. The van der Waals surface area contributed by atoms with E-state index in [9.17, 15) is 0 Å². The van der Waals surface area contributed by atoms with Gasteiger partial charge in [-0.15, -0.1) is 0 Å². The number of aryl methyl sites for hydroxylation is 1. The number of nitrogens with one attached hydrogen (secondary N) is 1. The summed E-state index contributed by atoms with van der Waals surface area (Å²) in [6.45, 7) is 8.42. The van der Waals surface area contributed by atoms with E-state index in [0.29, 0.717) is 18.0 Å². The van der Waals surface area contributed by atoms with Crippen molar-refractivity contribution >= 4 is 5.82 Å². The fraction of sp³-hybridized carbons (Fsp3) is 0.733. The van der Waals surface area contributed by atoms with Crippen LogP contribution in [0.1, 0.15) is 38.9 Å². The summed E-state index contributed by atoms with van der Waals surface area (Å²) >= 11 is 0. The quantitative estimate of drug-likeness (QED) is 0.894. The third kappa shape index (κ3) is 3.82. The summed E-state index contributed by atoms with van der Waals surface area (Å²) in [5, 5.41) is 3.60. The molecular weight excluding hydrogens is 252 g/mol. The number of ether oxygens (including phenoxy) is 1. The Morgan fingerprint density at radius 2 is 2.20 bits per heavy atom. The summed E-state index contributed by atoms with van der Waals surface area (Å²) in [5.41, 5.74) is 0. The molecule has 2 heterocycles. The molecule has 0 aromatic carbocycles. The summed E-state index contributed by atoms with van der Waals surface area (Å²) in [4.78, 5) is 11.2. The summed E-state index contributed by atoms with van der Waals surface area (Å²) in [6.07, 6.45) is 3.85. The first-order valence-corrected chi connectivity index (χ1v) is 7.50. The Morgan fingerprint density at radius 3 is 2.80 bits per heavy atom. The predicted molar refractivity (Wildman–Crippen MR) is 81.4 cm³/mol. The fourth-order valence-electron chi connectivity index (χ4n) is 2.66. The van der Waals surface area contributed by atoms with E-state index in [4.69, 9.17) is 4.74 Å². The van der Waals surface area contributed by atoms with E-state index in [0.717, 1.165) is 24.7 Å². The second kappa shape index (κ2) is 6.88. The first kappa shape index (κ1) is 15.0. The minimum atomic E-state index is 0.401. The Kier molecular flexibility index (Phi) is 5.17. The number of anilines is 1. The first-order chi connectivity index (χ1) is 9.60. The van der Waals surface area contributed by atoms with Crippen LogP contribution < -0.4 is 15.0 Å². The Bertz CT molecular complexity index is 430. The van der Waals surface area contributed by atoms with Crippen molar-refractivity contribution in [3.8, 4) is 5.88 Å². The van der Waals surface area contributed by atoms with E-state index in [2.05, 4.69) is 34.0 Å². The standard InChI is InChI=1S/C15H26N4O/c1-11(2)19(10-13-7-5-6-8-16-13)14-9-15(20-4)18-12(3)17-14/h9,11,13,16H,5-8,10H2,1-4H3. The number of rotatable bonds is 5.